The highest BCUT2D eigenvalue weighted by atomic mass is 19.1. The van der Waals surface area contributed by atoms with Crippen LogP contribution in [0.25, 0.3) is 0 Å². The van der Waals surface area contributed by atoms with Crippen LogP contribution in [0.1, 0.15) is 29.5 Å². The monoisotopic (exact) mass is 328 g/mol. The summed E-state index contributed by atoms with van der Waals surface area (Å²) in [4.78, 5) is 2.36. The normalized spacial score (nSPS) is 16.3. The zero-order valence-electron chi connectivity index (χ0n) is 14.1. The first-order valence-electron chi connectivity index (χ1n) is 8.59. The summed E-state index contributed by atoms with van der Waals surface area (Å²) in [6, 6.07) is 13.4. The maximum Gasteiger partial charge on any atom is 0.128 e. The van der Waals surface area contributed by atoms with E-state index < -0.39 is 0 Å². The lowest BCUT2D eigenvalue weighted by Gasteiger charge is -2.30. The average molecular weight is 328 g/mol. The fourth-order valence-electron chi connectivity index (χ4n) is 3.18. The van der Waals surface area contributed by atoms with Gasteiger partial charge in [-0.15, -0.1) is 0 Å². The Balaban J connectivity index is 1.66. The molecule has 2 aromatic carbocycles. The largest absolute Gasteiger partial charge is 0.393 e. The van der Waals surface area contributed by atoms with E-state index in [-0.39, 0.29) is 11.9 Å². The molecule has 0 saturated carbocycles. The molecular weight excluding hydrogens is 303 g/mol. The third-order valence-corrected chi connectivity index (χ3v) is 4.64. The van der Waals surface area contributed by atoms with Crippen LogP contribution in [0.5, 0.6) is 0 Å². The van der Waals surface area contributed by atoms with Gasteiger partial charge in [-0.1, -0.05) is 35.9 Å². The van der Waals surface area contributed by atoms with Gasteiger partial charge in [0.1, 0.15) is 5.82 Å². The van der Waals surface area contributed by atoms with Crippen molar-refractivity contribution in [3.05, 3.63) is 65.0 Å². The quantitative estimate of drug-likeness (QED) is 0.878. The second-order valence-corrected chi connectivity index (χ2v) is 6.61. The Labute approximate surface area is 143 Å². The van der Waals surface area contributed by atoms with Gasteiger partial charge in [-0.25, -0.2) is 4.39 Å². The van der Waals surface area contributed by atoms with Crippen molar-refractivity contribution in [1.29, 1.82) is 0 Å². The first-order chi connectivity index (χ1) is 11.6. The third-order valence-electron chi connectivity index (χ3n) is 4.64. The molecule has 3 nitrogen and oxygen atoms in total. The lowest BCUT2D eigenvalue weighted by Crippen LogP contribution is -2.35. The number of nitrogens with one attached hydrogen (secondary N) is 1. The third kappa shape index (κ3) is 4.34. The molecule has 1 saturated heterocycles. The number of benzene rings is 2. The van der Waals surface area contributed by atoms with E-state index in [4.69, 9.17) is 0 Å². The van der Waals surface area contributed by atoms with Gasteiger partial charge in [0.2, 0.25) is 0 Å². The van der Waals surface area contributed by atoms with Crippen LogP contribution in [-0.4, -0.2) is 29.2 Å². The van der Waals surface area contributed by atoms with Crippen LogP contribution in [-0.2, 0) is 13.1 Å². The Kier molecular flexibility index (Phi) is 5.48. The zero-order chi connectivity index (χ0) is 16.9. The van der Waals surface area contributed by atoms with Crippen molar-refractivity contribution in [3.8, 4) is 0 Å². The molecule has 2 aromatic rings. The van der Waals surface area contributed by atoms with E-state index in [0.29, 0.717) is 12.1 Å². The van der Waals surface area contributed by atoms with E-state index in [1.807, 2.05) is 31.2 Å². The van der Waals surface area contributed by atoms with E-state index in [9.17, 15) is 9.50 Å². The molecule has 0 spiro atoms. The van der Waals surface area contributed by atoms with Gasteiger partial charge in [0.05, 0.1) is 6.10 Å². The van der Waals surface area contributed by atoms with Crippen LogP contribution < -0.4 is 5.32 Å². The topological polar surface area (TPSA) is 35.5 Å². The fraction of sp³-hybridized carbons (Fsp3) is 0.400. The molecule has 128 valence electrons. The lowest BCUT2D eigenvalue weighted by atomic mass is 10.1. The number of aryl methyl sites for hydroxylation is 1. The number of hydrogen-bond acceptors (Lipinski definition) is 3. The molecule has 0 aromatic heterocycles. The average Bonchev–Trinajstić information content (AvgIpc) is 2.59. The first kappa shape index (κ1) is 16.9. The number of para-hydroxylation sites is 1. The standard InChI is InChI=1S/C20H25FN2O/c1-15-6-7-19(21)17(12-15)13-22-20-5-3-2-4-16(20)14-23-10-8-18(24)9-11-23/h2-7,12,18,22,24H,8-11,13-14H2,1H3. The maximum absolute atomic E-state index is 13.9. The molecule has 0 bridgehead atoms. The van der Waals surface area contributed by atoms with Crippen LogP contribution in [0.2, 0.25) is 0 Å². The van der Waals surface area contributed by atoms with E-state index in [0.717, 1.165) is 43.7 Å². The Bertz CT molecular complexity index is 681. The molecule has 0 radical (unpaired) electrons. The first-order valence-corrected chi connectivity index (χ1v) is 8.59. The van der Waals surface area contributed by atoms with Crippen LogP contribution >= 0.6 is 0 Å². The number of nitrogens with zero attached hydrogens (tertiary/aromatic N) is 1. The second-order valence-electron chi connectivity index (χ2n) is 6.61. The lowest BCUT2D eigenvalue weighted by molar-refractivity contribution is 0.0793. The molecular formula is C20H25FN2O. The summed E-state index contributed by atoms with van der Waals surface area (Å²) in [6.45, 7) is 5.14. The highest BCUT2D eigenvalue weighted by molar-refractivity contribution is 5.51. The summed E-state index contributed by atoms with van der Waals surface area (Å²) in [5, 5.41) is 13.0. The molecule has 1 aliphatic rings. The molecule has 0 aliphatic carbocycles. The van der Waals surface area contributed by atoms with Crippen molar-refractivity contribution >= 4 is 5.69 Å². The SMILES string of the molecule is Cc1ccc(F)c(CNc2ccccc2CN2CCC(O)CC2)c1. The summed E-state index contributed by atoms with van der Waals surface area (Å²) in [5.41, 5.74) is 4.01. The van der Waals surface area contributed by atoms with Gasteiger partial charge in [0, 0.05) is 37.4 Å². The van der Waals surface area contributed by atoms with Crippen LogP contribution in [0.3, 0.4) is 0 Å². The van der Waals surface area contributed by atoms with E-state index in [1.165, 1.54) is 11.6 Å². The van der Waals surface area contributed by atoms with E-state index in [2.05, 4.69) is 16.3 Å². The van der Waals surface area contributed by atoms with Gasteiger partial charge in [-0.05, 0) is 37.5 Å². The Hall–Kier alpha value is -1.91. The molecule has 0 amide bonds. The van der Waals surface area contributed by atoms with Crippen molar-refractivity contribution in [2.75, 3.05) is 18.4 Å². The number of halogens is 1. The summed E-state index contributed by atoms with van der Waals surface area (Å²) in [6.07, 6.45) is 1.52. The summed E-state index contributed by atoms with van der Waals surface area (Å²) < 4.78 is 13.9. The molecule has 1 heterocycles. The van der Waals surface area contributed by atoms with Crippen molar-refractivity contribution in [2.45, 2.75) is 39.0 Å². The second kappa shape index (κ2) is 7.77. The molecule has 1 fully saturated rings. The fourth-order valence-corrected chi connectivity index (χ4v) is 3.18. The minimum absolute atomic E-state index is 0.154. The minimum atomic E-state index is -0.171. The molecule has 1 aliphatic heterocycles. The van der Waals surface area contributed by atoms with Gasteiger partial charge in [-0.2, -0.15) is 0 Å². The van der Waals surface area contributed by atoms with Crippen molar-refractivity contribution in [2.24, 2.45) is 0 Å². The van der Waals surface area contributed by atoms with E-state index in [1.54, 1.807) is 6.07 Å². The van der Waals surface area contributed by atoms with E-state index >= 15 is 0 Å². The predicted molar refractivity (Wildman–Crippen MR) is 95.4 cm³/mol. The minimum Gasteiger partial charge on any atom is -0.393 e. The number of piperidine rings is 1. The van der Waals surface area contributed by atoms with Gasteiger partial charge < -0.3 is 10.4 Å². The highest BCUT2D eigenvalue weighted by Crippen LogP contribution is 2.21. The number of hydrogen-bond donors (Lipinski definition) is 2. The number of aliphatic hydroxyl groups excluding tert-OH is 1. The zero-order valence-corrected chi connectivity index (χ0v) is 14.1. The molecule has 2 N–H and O–H groups in total. The number of rotatable bonds is 5. The van der Waals surface area contributed by atoms with Crippen molar-refractivity contribution in [3.63, 3.8) is 0 Å². The van der Waals surface area contributed by atoms with Crippen molar-refractivity contribution < 1.29 is 9.50 Å². The Morgan fingerprint density at radius 1 is 1.12 bits per heavy atom. The van der Waals surface area contributed by atoms with Gasteiger partial charge in [0.15, 0.2) is 0 Å². The molecule has 0 atom stereocenters. The summed E-state index contributed by atoms with van der Waals surface area (Å²) in [7, 11) is 0. The Morgan fingerprint density at radius 2 is 1.88 bits per heavy atom. The summed E-state index contributed by atoms with van der Waals surface area (Å²) in [5.74, 6) is -0.171. The number of aliphatic hydroxyl groups is 1. The van der Waals surface area contributed by atoms with Crippen molar-refractivity contribution in [1.82, 2.24) is 4.90 Å². The smallest absolute Gasteiger partial charge is 0.128 e. The van der Waals surface area contributed by atoms with Gasteiger partial charge in [0.25, 0.3) is 0 Å². The molecule has 3 rings (SSSR count). The molecule has 4 heteroatoms. The maximum atomic E-state index is 13.9. The number of anilines is 1. The highest BCUT2D eigenvalue weighted by Gasteiger charge is 2.17. The van der Waals surface area contributed by atoms with Crippen LogP contribution in [0, 0.1) is 12.7 Å². The van der Waals surface area contributed by atoms with Gasteiger partial charge >= 0.3 is 0 Å². The van der Waals surface area contributed by atoms with Crippen LogP contribution in [0.4, 0.5) is 10.1 Å². The Morgan fingerprint density at radius 3 is 2.67 bits per heavy atom. The van der Waals surface area contributed by atoms with Crippen LogP contribution in [0.15, 0.2) is 42.5 Å². The molecule has 0 unspecified atom stereocenters. The van der Waals surface area contributed by atoms with Gasteiger partial charge in [-0.3, -0.25) is 4.90 Å². The summed E-state index contributed by atoms with van der Waals surface area (Å²) >= 11 is 0. The predicted octanol–water partition coefficient (Wildman–Crippen LogP) is 3.70. The molecule has 24 heavy (non-hydrogen) atoms. The number of likely N-dealkylation sites (tertiary alicyclic amines) is 1.